The Kier molecular flexibility index (Phi) is 3.78. The van der Waals surface area contributed by atoms with E-state index in [1.54, 1.807) is 6.92 Å². The SMILES string of the molecule is C[C@@H](O)COc1ccc(-c2ccccc2)cc1. The van der Waals surface area contributed by atoms with Gasteiger partial charge in [-0.3, -0.25) is 0 Å². The Morgan fingerprint density at radius 2 is 1.53 bits per heavy atom. The molecule has 2 nitrogen and oxygen atoms in total. The molecular formula is C15H16O2. The molecule has 88 valence electrons. The number of aliphatic hydroxyl groups is 1. The predicted octanol–water partition coefficient (Wildman–Crippen LogP) is 3.11. The number of aliphatic hydroxyl groups excluding tert-OH is 1. The van der Waals surface area contributed by atoms with Gasteiger partial charge >= 0.3 is 0 Å². The molecule has 0 unspecified atom stereocenters. The van der Waals surface area contributed by atoms with Crippen LogP contribution in [0.2, 0.25) is 0 Å². The highest BCUT2D eigenvalue weighted by molar-refractivity contribution is 5.63. The summed E-state index contributed by atoms with van der Waals surface area (Å²) in [5, 5.41) is 9.12. The normalized spacial score (nSPS) is 12.1. The minimum absolute atomic E-state index is 0.324. The molecule has 0 amide bonds. The van der Waals surface area contributed by atoms with E-state index < -0.39 is 6.10 Å². The highest BCUT2D eigenvalue weighted by Gasteiger charge is 1.99. The van der Waals surface area contributed by atoms with Crippen molar-refractivity contribution in [2.75, 3.05) is 6.61 Å². The van der Waals surface area contributed by atoms with E-state index >= 15 is 0 Å². The molecule has 0 aromatic heterocycles. The van der Waals surface area contributed by atoms with Crippen LogP contribution in [0.15, 0.2) is 54.6 Å². The van der Waals surface area contributed by atoms with E-state index in [-0.39, 0.29) is 0 Å². The summed E-state index contributed by atoms with van der Waals surface area (Å²) in [7, 11) is 0. The van der Waals surface area contributed by atoms with E-state index in [0.717, 1.165) is 11.3 Å². The van der Waals surface area contributed by atoms with E-state index in [4.69, 9.17) is 9.84 Å². The van der Waals surface area contributed by atoms with Crippen LogP contribution in [0, 0.1) is 0 Å². The Hall–Kier alpha value is -1.80. The zero-order valence-electron chi connectivity index (χ0n) is 9.84. The molecule has 2 heteroatoms. The molecule has 0 aliphatic carbocycles. The van der Waals surface area contributed by atoms with Gasteiger partial charge in [0.05, 0.1) is 6.10 Å². The van der Waals surface area contributed by atoms with Gasteiger partial charge < -0.3 is 9.84 Å². The average Bonchev–Trinajstić information content (AvgIpc) is 2.38. The number of benzene rings is 2. The summed E-state index contributed by atoms with van der Waals surface area (Å²) in [5.41, 5.74) is 2.35. The topological polar surface area (TPSA) is 29.5 Å². The fourth-order valence-corrected chi connectivity index (χ4v) is 1.59. The van der Waals surface area contributed by atoms with Crippen molar-refractivity contribution < 1.29 is 9.84 Å². The Balaban J connectivity index is 2.08. The third-order valence-corrected chi connectivity index (χ3v) is 2.45. The van der Waals surface area contributed by atoms with Crippen LogP contribution in [0.3, 0.4) is 0 Å². The number of hydrogen-bond donors (Lipinski definition) is 1. The molecule has 2 aromatic rings. The standard InChI is InChI=1S/C15H16O2/c1-12(16)11-17-15-9-7-14(8-10-15)13-5-3-2-4-6-13/h2-10,12,16H,11H2,1H3/t12-/m1/s1. The summed E-state index contributed by atoms with van der Waals surface area (Å²) in [5.74, 6) is 0.783. The Morgan fingerprint density at radius 3 is 2.12 bits per heavy atom. The van der Waals surface area contributed by atoms with Gasteiger partial charge in [0.25, 0.3) is 0 Å². The lowest BCUT2D eigenvalue weighted by atomic mass is 10.1. The smallest absolute Gasteiger partial charge is 0.119 e. The number of rotatable bonds is 4. The zero-order valence-corrected chi connectivity index (χ0v) is 9.84. The summed E-state index contributed by atoms with van der Waals surface area (Å²) in [6.45, 7) is 2.03. The molecule has 2 aromatic carbocycles. The van der Waals surface area contributed by atoms with Crippen molar-refractivity contribution in [3.05, 3.63) is 54.6 Å². The molecule has 0 saturated carbocycles. The maximum atomic E-state index is 9.12. The molecular weight excluding hydrogens is 212 g/mol. The van der Waals surface area contributed by atoms with Crippen LogP contribution < -0.4 is 4.74 Å². The predicted molar refractivity (Wildman–Crippen MR) is 69.1 cm³/mol. The van der Waals surface area contributed by atoms with Gasteiger partial charge in [0.15, 0.2) is 0 Å². The van der Waals surface area contributed by atoms with Crippen LogP contribution in [0.1, 0.15) is 6.92 Å². The first kappa shape index (κ1) is 11.7. The minimum Gasteiger partial charge on any atom is -0.491 e. The van der Waals surface area contributed by atoms with Crippen LogP contribution in [0.5, 0.6) is 5.75 Å². The molecule has 0 spiro atoms. The van der Waals surface area contributed by atoms with Crippen LogP contribution in [0.25, 0.3) is 11.1 Å². The molecule has 0 bridgehead atoms. The molecule has 1 N–H and O–H groups in total. The van der Waals surface area contributed by atoms with Gasteiger partial charge in [0.1, 0.15) is 12.4 Å². The molecule has 0 fully saturated rings. The summed E-state index contributed by atoms with van der Waals surface area (Å²) < 4.78 is 5.41. The van der Waals surface area contributed by atoms with Crippen LogP contribution in [0.4, 0.5) is 0 Å². The second-order valence-corrected chi connectivity index (χ2v) is 4.05. The second kappa shape index (κ2) is 5.51. The van der Waals surface area contributed by atoms with E-state index in [1.165, 1.54) is 5.56 Å². The molecule has 0 radical (unpaired) electrons. The highest BCUT2D eigenvalue weighted by atomic mass is 16.5. The fourth-order valence-electron chi connectivity index (χ4n) is 1.59. The summed E-state index contributed by atoms with van der Waals surface area (Å²) >= 11 is 0. The third-order valence-electron chi connectivity index (χ3n) is 2.45. The minimum atomic E-state index is -0.441. The zero-order chi connectivity index (χ0) is 12.1. The van der Waals surface area contributed by atoms with E-state index in [2.05, 4.69) is 12.1 Å². The van der Waals surface area contributed by atoms with Crippen molar-refractivity contribution in [2.24, 2.45) is 0 Å². The van der Waals surface area contributed by atoms with Gasteiger partial charge in [-0.2, -0.15) is 0 Å². The van der Waals surface area contributed by atoms with E-state index in [1.807, 2.05) is 42.5 Å². The van der Waals surface area contributed by atoms with Crippen LogP contribution in [-0.2, 0) is 0 Å². The first-order valence-corrected chi connectivity index (χ1v) is 5.72. The van der Waals surface area contributed by atoms with Gasteiger partial charge in [-0.15, -0.1) is 0 Å². The van der Waals surface area contributed by atoms with Crippen molar-refractivity contribution >= 4 is 0 Å². The average molecular weight is 228 g/mol. The molecule has 17 heavy (non-hydrogen) atoms. The lowest BCUT2D eigenvalue weighted by Crippen LogP contribution is -2.12. The second-order valence-electron chi connectivity index (χ2n) is 4.05. The largest absolute Gasteiger partial charge is 0.491 e. The lowest BCUT2D eigenvalue weighted by Gasteiger charge is -2.08. The number of hydrogen-bond acceptors (Lipinski definition) is 2. The molecule has 0 heterocycles. The first-order valence-electron chi connectivity index (χ1n) is 5.72. The van der Waals surface area contributed by atoms with Crippen LogP contribution >= 0.6 is 0 Å². The molecule has 1 atom stereocenters. The Labute approximate surface area is 101 Å². The molecule has 2 rings (SSSR count). The first-order chi connectivity index (χ1) is 8.25. The fraction of sp³-hybridized carbons (Fsp3) is 0.200. The van der Waals surface area contributed by atoms with Gasteiger partial charge in [-0.1, -0.05) is 42.5 Å². The van der Waals surface area contributed by atoms with Crippen molar-refractivity contribution in [2.45, 2.75) is 13.0 Å². The van der Waals surface area contributed by atoms with Gasteiger partial charge in [-0.05, 0) is 30.2 Å². The van der Waals surface area contributed by atoms with E-state index in [9.17, 15) is 0 Å². The molecule has 0 aliphatic heterocycles. The summed E-state index contributed by atoms with van der Waals surface area (Å²) in [6, 6.07) is 18.1. The van der Waals surface area contributed by atoms with Crippen molar-refractivity contribution in [3.8, 4) is 16.9 Å². The maximum Gasteiger partial charge on any atom is 0.119 e. The Morgan fingerprint density at radius 1 is 0.941 bits per heavy atom. The number of ether oxygens (including phenoxy) is 1. The highest BCUT2D eigenvalue weighted by Crippen LogP contribution is 2.21. The maximum absolute atomic E-state index is 9.12. The third kappa shape index (κ3) is 3.33. The summed E-state index contributed by atoms with van der Waals surface area (Å²) in [4.78, 5) is 0. The lowest BCUT2D eigenvalue weighted by molar-refractivity contribution is 0.123. The summed E-state index contributed by atoms with van der Waals surface area (Å²) in [6.07, 6.45) is -0.441. The van der Waals surface area contributed by atoms with E-state index in [0.29, 0.717) is 6.61 Å². The van der Waals surface area contributed by atoms with Crippen molar-refractivity contribution in [1.82, 2.24) is 0 Å². The van der Waals surface area contributed by atoms with Gasteiger partial charge in [-0.25, -0.2) is 0 Å². The monoisotopic (exact) mass is 228 g/mol. The van der Waals surface area contributed by atoms with Crippen molar-refractivity contribution in [1.29, 1.82) is 0 Å². The Bertz CT molecular complexity index is 446. The van der Waals surface area contributed by atoms with Gasteiger partial charge in [0, 0.05) is 0 Å². The quantitative estimate of drug-likeness (QED) is 0.871. The van der Waals surface area contributed by atoms with Crippen molar-refractivity contribution in [3.63, 3.8) is 0 Å². The molecule has 0 saturated heterocycles. The van der Waals surface area contributed by atoms with Crippen LogP contribution in [-0.4, -0.2) is 17.8 Å². The molecule has 0 aliphatic rings. The van der Waals surface area contributed by atoms with Gasteiger partial charge in [0.2, 0.25) is 0 Å².